The Labute approximate surface area is 195 Å². The highest BCUT2D eigenvalue weighted by Crippen LogP contribution is 2.28. The minimum atomic E-state index is -0.516. The minimum Gasteiger partial charge on any atom is -0.488 e. The number of hydrogen-bond acceptors (Lipinski definition) is 3. The molecule has 156 valence electrons. The lowest BCUT2D eigenvalue weighted by atomic mass is 10.1. The van der Waals surface area contributed by atoms with Gasteiger partial charge in [-0.15, -0.1) is 0 Å². The molecule has 0 saturated heterocycles. The van der Waals surface area contributed by atoms with Crippen LogP contribution < -0.4 is 10.1 Å². The van der Waals surface area contributed by atoms with E-state index in [1.54, 1.807) is 37.3 Å². The Balaban J connectivity index is 1.85. The predicted octanol–water partition coefficient (Wildman–Crippen LogP) is 6.84. The van der Waals surface area contributed by atoms with Crippen LogP contribution in [0.2, 0.25) is 5.02 Å². The summed E-state index contributed by atoms with van der Waals surface area (Å²) >= 11 is 9.56. The number of nitrogens with one attached hydrogen (secondary N) is 1. The summed E-state index contributed by atoms with van der Waals surface area (Å²) < 4.78 is 6.80. The zero-order valence-electron chi connectivity index (χ0n) is 17.1. The van der Waals surface area contributed by atoms with Crippen LogP contribution in [0.1, 0.15) is 22.3 Å². The van der Waals surface area contributed by atoms with Gasteiger partial charge in [-0.05, 0) is 61.4 Å². The number of nitriles is 1. The van der Waals surface area contributed by atoms with Crippen LogP contribution >= 0.6 is 27.5 Å². The van der Waals surface area contributed by atoms with Crippen molar-refractivity contribution in [3.63, 3.8) is 0 Å². The molecule has 1 N–H and O–H groups in total. The van der Waals surface area contributed by atoms with E-state index in [2.05, 4.69) is 27.3 Å². The van der Waals surface area contributed by atoms with Crippen molar-refractivity contribution in [2.24, 2.45) is 0 Å². The average Bonchev–Trinajstić information content (AvgIpc) is 2.74. The van der Waals surface area contributed by atoms with Crippen LogP contribution in [0.25, 0.3) is 6.08 Å². The summed E-state index contributed by atoms with van der Waals surface area (Å²) in [5.74, 6) is 0.0571. The van der Waals surface area contributed by atoms with E-state index in [0.29, 0.717) is 28.6 Å². The van der Waals surface area contributed by atoms with E-state index in [9.17, 15) is 10.1 Å². The molecule has 0 saturated carbocycles. The number of ether oxygens (including phenoxy) is 1. The summed E-state index contributed by atoms with van der Waals surface area (Å²) in [6.45, 7) is 4.20. The van der Waals surface area contributed by atoms with Crippen LogP contribution in [0.15, 0.2) is 70.7 Å². The molecule has 0 unspecified atom stereocenters. The molecule has 3 aromatic rings. The van der Waals surface area contributed by atoms with E-state index in [1.165, 1.54) is 6.08 Å². The van der Waals surface area contributed by atoms with E-state index in [1.807, 2.05) is 37.3 Å². The van der Waals surface area contributed by atoms with Gasteiger partial charge in [-0.3, -0.25) is 4.79 Å². The normalized spacial score (nSPS) is 11.0. The number of anilines is 1. The van der Waals surface area contributed by atoms with Crippen molar-refractivity contribution in [2.75, 3.05) is 5.32 Å². The third-order valence-corrected chi connectivity index (χ3v) is 5.53. The highest BCUT2D eigenvalue weighted by atomic mass is 79.9. The molecule has 0 bridgehead atoms. The number of carbonyl (C=O) groups is 1. The Hall–Kier alpha value is -3.07. The van der Waals surface area contributed by atoms with Gasteiger partial charge in [0.25, 0.3) is 5.91 Å². The molecule has 0 radical (unpaired) electrons. The van der Waals surface area contributed by atoms with Gasteiger partial charge in [0.05, 0.1) is 0 Å². The molecular formula is C25H20BrClN2O2. The zero-order chi connectivity index (χ0) is 22.4. The van der Waals surface area contributed by atoms with Gasteiger partial charge < -0.3 is 10.1 Å². The molecule has 6 heteroatoms. The minimum absolute atomic E-state index is 0.0436. The molecule has 0 spiro atoms. The number of carbonyl (C=O) groups excluding carboxylic acids is 1. The quantitative estimate of drug-likeness (QED) is 0.301. The largest absolute Gasteiger partial charge is 0.488 e. The third-order valence-electron chi connectivity index (χ3n) is 4.63. The smallest absolute Gasteiger partial charge is 0.266 e. The van der Waals surface area contributed by atoms with E-state index in [4.69, 9.17) is 16.3 Å². The van der Waals surface area contributed by atoms with Gasteiger partial charge in [0.2, 0.25) is 0 Å². The van der Waals surface area contributed by atoms with Gasteiger partial charge in [-0.2, -0.15) is 5.26 Å². The Morgan fingerprint density at radius 2 is 1.94 bits per heavy atom. The van der Waals surface area contributed by atoms with Crippen LogP contribution in [-0.4, -0.2) is 5.91 Å². The molecule has 0 fully saturated rings. The standard InChI is InChI=1S/C25H20BrClN2O2/c1-16-5-3-6-18(11-16)15-31-24-10-9-21(26)13-19(24)12-20(14-28)25(30)29-23-8-4-7-22(27)17(23)2/h3-13H,15H2,1-2H3,(H,29,30)/b20-12-. The molecule has 31 heavy (non-hydrogen) atoms. The van der Waals surface area contributed by atoms with E-state index in [0.717, 1.165) is 21.2 Å². The van der Waals surface area contributed by atoms with Gasteiger partial charge in [0, 0.05) is 20.7 Å². The van der Waals surface area contributed by atoms with Crippen LogP contribution in [0, 0.1) is 25.2 Å². The SMILES string of the molecule is Cc1cccc(COc2ccc(Br)cc2/C=C(/C#N)C(=O)Nc2cccc(Cl)c2C)c1. The van der Waals surface area contributed by atoms with Crippen LogP contribution in [-0.2, 0) is 11.4 Å². The van der Waals surface area contributed by atoms with Gasteiger partial charge in [0.1, 0.15) is 24.0 Å². The van der Waals surface area contributed by atoms with Crippen LogP contribution in [0.3, 0.4) is 0 Å². The maximum Gasteiger partial charge on any atom is 0.266 e. The molecule has 1 amide bonds. The Bertz CT molecular complexity index is 1200. The van der Waals surface area contributed by atoms with Crippen molar-refractivity contribution in [2.45, 2.75) is 20.5 Å². The number of rotatable bonds is 6. The second kappa shape index (κ2) is 10.3. The maximum absolute atomic E-state index is 12.7. The molecule has 0 aliphatic rings. The fraction of sp³-hybridized carbons (Fsp3) is 0.120. The fourth-order valence-electron chi connectivity index (χ4n) is 2.96. The van der Waals surface area contributed by atoms with E-state index < -0.39 is 5.91 Å². The number of amides is 1. The topological polar surface area (TPSA) is 62.1 Å². The average molecular weight is 496 g/mol. The number of benzene rings is 3. The van der Waals surface area contributed by atoms with Crippen molar-refractivity contribution in [1.29, 1.82) is 5.26 Å². The number of nitrogens with zero attached hydrogens (tertiary/aromatic N) is 1. The Morgan fingerprint density at radius 3 is 2.68 bits per heavy atom. The zero-order valence-corrected chi connectivity index (χ0v) is 19.4. The van der Waals surface area contributed by atoms with Crippen LogP contribution in [0.4, 0.5) is 5.69 Å². The Kier molecular flexibility index (Phi) is 7.51. The van der Waals surface area contributed by atoms with Gasteiger partial charge >= 0.3 is 0 Å². The fourth-order valence-corrected chi connectivity index (χ4v) is 3.52. The first-order valence-electron chi connectivity index (χ1n) is 9.53. The Morgan fingerprint density at radius 1 is 1.16 bits per heavy atom. The van der Waals surface area contributed by atoms with Crippen molar-refractivity contribution in [3.8, 4) is 11.8 Å². The molecule has 0 atom stereocenters. The van der Waals surface area contributed by atoms with Crippen LogP contribution in [0.5, 0.6) is 5.75 Å². The van der Waals surface area contributed by atoms with Gasteiger partial charge in [-0.1, -0.05) is 63.4 Å². The van der Waals surface area contributed by atoms with Crippen molar-refractivity contribution in [1.82, 2.24) is 0 Å². The first-order valence-corrected chi connectivity index (χ1v) is 10.7. The van der Waals surface area contributed by atoms with Crippen molar-refractivity contribution >= 4 is 45.2 Å². The monoisotopic (exact) mass is 494 g/mol. The summed E-state index contributed by atoms with van der Waals surface area (Å²) in [5.41, 5.74) is 4.06. The summed E-state index contributed by atoms with van der Waals surface area (Å²) in [5, 5.41) is 12.9. The number of halogens is 2. The molecule has 3 aromatic carbocycles. The number of aryl methyl sites for hydroxylation is 1. The second-order valence-corrected chi connectivity index (χ2v) is 8.32. The molecule has 3 rings (SSSR count). The van der Waals surface area contributed by atoms with Gasteiger partial charge in [0.15, 0.2) is 0 Å². The lowest BCUT2D eigenvalue weighted by Gasteiger charge is -2.12. The first kappa shape index (κ1) is 22.6. The molecule has 0 aromatic heterocycles. The lowest BCUT2D eigenvalue weighted by Crippen LogP contribution is -2.14. The predicted molar refractivity (Wildman–Crippen MR) is 128 cm³/mol. The summed E-state index contributed by atoms with van der Waals surface area (Å²) in [4.78, 5) is 12.7. The van der Waals surface area contributed by atoms with Crippen molar-refractivity contribution < 1.29 is 9.53 Å². The molecule has 0 aliphatic carbocycles. The third kappa shape index (κ3) is 5.97. The molecule has 0 aliphatic heterocycles. The van der Waals surface area contributed by atoms with E-state index >= 15 is 0 Å². The number of hydrogen-bond donors (Lipinski definition) is 1. The molecular weight excluding hydrogens is 476 g/mol. The summed E-state index contributed by atoms with van der Waals surface area (Å²) in [6.07, 6.45) is 1.52. The highest BCUT2D eigenvalue weighted by Gasteiger charge is 2.14. The summed E-state index contributed by atoms with van der Waals surface area (Å²) in [7, 11) is 0. The molecule has 4 nitrogen and oxygen atoms in total. The maximum atomic E-state index is 12.7. The highest BCUT2D eigenvalue weighted by molar-refractivity contribution is 9.10. The first-order chi connectivity index (χ1) is 14.9. The van der Waals surface area contributed by atoms with Gasteiger partial charge in [-0.25, -0.2) is 0 Å². The summed E-state index contributed by atoms with van der Waals surface area (Å²) in [6, 6.07) is 20.7. The lowest BCUT2D eigenvalue weighted by molar-refractivity contribution is -0.112. The van der Waals surface area contributed by atoms with E-state index in [-0.39, 0.29) is 5.57 Å². The second-order valence-electron chi connectivity index (χ2n) is 7.00. The molecule has 0 heterocycles. The van der Waals surface area contributed by atoms with Crippen molar-refractivity contribution in [3.05, 3.63) is 98.0 Å².